The first-order chi connectivity index (χ1) is 11.8. The average Bonchev–Trinajstić information content (AvgIpc) is 2.75. The molecule has 2 fully saturated rings. The summed E-state index contributed by atoms with van der Waals surface area (Å²) in [5.74, 6) is -2.78. The van der Waals surface area contributed by atoms with Crippen LogP contribution in [0, 0.1) is 11.6 Å². The Morgan fingerprint density at radius 1 is 1.20 bits per heavy atom. The Labute approximate surface area is 143 Å². The van der Waals surface area contributed by atoms with E-state index in [0.717, 1.165) is 36.3 Å². The Bertz CT molecular complexity index is 732. The normalized spacial score (nSPS) is 19.6. The van der Waals surface area contributed by atoms with E-state index in [9.17, 15) is 23.2 Å². The maximum Gasteiger partial charge on any atom is 0.327 e. The van der Waals surface area contributed by atoms with E-state index in [-0.39, 0.29) is 11.6 Å². The number of imide groups is 1. The summed E-state index contributed by atoms with van der Waals surface area (Å²) in [5.41, 5.74) is -1.07. The maximum atomic E-state index is 13.6. The Balaban J connectivity index is 1.72. The molecule has 1 aromatic rings. The van der Waals surface area contributed by atoms with Crippen LogP contribution < -0.4 is 5.32 Å². The zero-order valence-corrected chi connectivity index (χ0v) is 13.8. The lowest BCUT2D eigenvalue weighted by Gasteiger charge is -2.35. The standard InChI is InChI=1S/C17H19F2N3O3/c1-21-16(25)22(15(24)17(21)7-3-2-4-8-17)10-14(23)20-13-6-5-11(18)9-12(13)19/h5-6,9H,2-4,7-8,10H2,1H3,(H,20,23). The molecule has 0 radical (unpaired) electrons. The Hall–Kier alpha value is -2.51. The minimum Gasteiger partial charge on any atom is -0.322 e. The molecule has 4 amide bonds. The van der Waals surface area contributed by atoms with Crippen LogP contribution in [0.5, 0.6) is 0 Å². The molecule has 1 aromatic carbocycles. The van der Waals surface area contributed by atoms with Gasteiger partial charge in [0.25, 0.3) is 5.91 Å². The quantitative estimate of drug-likeness (QED) is 0.851. The number of nitrogens with one attached hydrogen (secondary N) is 1. The second-order valence-electron chi connectivity index (χ2n) is 6.50. The number of rotatable bonds is 3. The van der Waals surface area contributed by atoms with Gasteiger partial charge in [-0.25, -0.2) is 13.6 Å². The van der Waals surface area contributed by atoms with Gasteiger partial charge in [0.2, 0.25) is 5.91 Å². The second kappa shape index (κ2) is 6.42. The third kappa shape index (κ3) is 2.96. The first kappa shape index (κ1) is 17.3. The van der Waals surface area contributed by atoms with E-state index in [4.69, 9.17) is 0 Å². The van der Waals surface area contributed by atoms with Gasteiger partial charge in [-0.2, -0.15) is 0 Å². The van der Waals surface area contributed by atoms with E-state index in [2.05, 4.69) is 5.32 Å². The van der Waals surface area contributed by atoms with Crippen molar-refractivity contribution in [3.63, 3.8) is 0 Å². The van der Waals surface area contributed by atoms with Gasteiger partial charge in [-0.3, -0.25) is 14.5 Å². The van der Waals surface area contributed by atoms with Crippen LogP contribution in [-0.2, 0) is 9.59 Å². The van der Waals surface area contributed by atoms with Gasteiger partial charge in [0, 0.05) is 13.1 Å². The highest BCUT2D eigenvalue weighted by Gasteiger charge is 2.55. The Morgan fingerprint density at radius 3 is 2.52 bits per heavy atom. The van der Waals surface area contributed by atoms with Gasteiger partial charge < -0.3 is 10.2 Å². The highest BCUT2D eigenvalue weighted by Crippen LogP contribution is 2.39. The summed E-state index contributed by atoms with van der Waals surface area (Å²) < 4.78 is 26.5. The minimum absolute atomic E-state index is 0.203. The molecule has 1 heterocycles. The number of urea groups is 1. The molecule has 2 aliphatic rings. The lowest BCUT2D eigenvalue weighted by atomic mass is 9.81. The van der Waals surface area contributed by atoms with E-state index in [0.29, 0.717) is 18.9 Å². The van der Waals surface area contributed by atoms with Crippen molar-refractivity contribution in [2.75, 3.05) is 18.9 Å². The van der Waals surface area contributed by atoms with Gasteiger partial charge in [-0.15, -0.1) is 0 Å². The molecule has 3 rings (SSSR count). The predicted molar refractivity (Wildman–Crippen MR) is 85.7 cm³/mol. The molecule has 134 valence electrons. The fraction of sp³-hybridized carbons (Fsp3) is 0.471. The smallest absolute Gasteiger partial charge is 0.322 e. The highest BCUT2D eigenvalue weighted by molar-refractivity contribution is 6.10. The van der Waals surface area contributed by atoms with E-state index in [1.807, 2.05) is 0 Å². The zero-order chi connectivity index (χ0) is 18.2. The second-order valence-corrected chi connectivity index (χ2v) is 6.50. The molecule has 1 aliphatic carbocycles. The maximum absolute atomic E-state index is 13.6. The van der Waals surface area contributed by atoms with E-state index < -0.39 is 35.7 Å². The number of hydrogen-bond donors (Lipinski definition) is 1. The summed E-state index contributed by atoms with van der Waals surface area (Å²) >= 11 is 0. The predicted octanol–water partition coefficient (Wildman–Crippen LogP) is 2.50. The first-order valence-corrected chi connectivity index (χ1v) is 8.20. The molecule has 25 heavy (non-hydrogen) atoms. The Kier molecular flexibility index (Phi) is 4.45. The molecule has 6 nitrogen and oxygen atoms in total. The lowest BCUT2D eigenvalue weighted by molar-refractivity contribution is -0.136. The molecule has 8 heteroatoms. The van der Waals surface area contributed by atoms with Crippen LogP contribution in [0.1, 0.15) is 32.1 Å². The number of hydrogen-bond acceptors (Lipinski definition) is 3. The number of nitrogens with zero attached hydrogens (tertiary/aromatic N) is 2. The van der Waals surface area contributed by atoms with Gasteiger partial charge in [-0.05, 0) is 25.0 Å². The van der Waals surface area contributed by atoms with Crippen molar-refractivity contribution in [1.29, 1.82) is 0 Å². The van der Waals surface area contributed by atoms with E-state index in [1.165, 1.54) is 4.90 Å². The molecular formula is C17H19F2N3O3. The third-order valence-corrected chi connectivity index (χ3v) is 4.99. The summed E-state index contributed by atoms with van der Waals surface area (Å²) in [6.45, 7) is -0.499. The monoisotopic (exact) mass is 351 g/mol. The summed E-state index contributed by atoms with van der Waals surface area (Å²) in [7, 11) is 1.57. The fourth-order valence-electron chi connectivity index (χ4n) is 3.60. The van der Waals surface area contributed by atoms with E-state index in [1.54, 1.807) is 7.05 Å². The molecule has 0 atom stereocenters. The summed E-state index contributed by atoms with van der Waals surface area (Å²) in [6, 6.07) is 2.22. The number of likely N-dealkylation sites (N-methyl/N-ethyl adjacent to an activating group) is 1. The largest absolute Gasteiger partial charge is 0.327 e. The van der Waals surface area contributed by atoms with Crippen molar-refractivity contribution in [2.45, 2.75) is 37.6 Å². The van der Waals surface area contributed by atoms with Crippen molar-refractivity contribution in [1.82, 2.24) is 9.80 Å². The van der Waals surface area contributed by atoms with Gasteiger partial charge in [0.15, 0.2) is 0 Å². The van der Waals surface area contributed by atoms with Gasteiger partial charge in [-0.1, -0.05) is 19.3 Å². The number of carbonyl (C=O) groups is 3. The van der Waals surface area contributed by atoms with Crippen molar-refractivity contribution < 1.29 is 23.2 Å². The molecule has 1 saturated carbocycles. The summed E-state index contributed by atoms with van der Waals surface area (Å²) in [4.78, 5) is 39.6. The number of amides is 4. The van der Waals surface area contributed by atoms with Crippen LogP contribution in [0.2, 0.25) is 0 Å². The number of halogens is 2. The molecule has 0 bridgehead atoms. The topological polar surface area (TPSA) is 69.7 Å². The molecule has 0 unspecified atom stereocenters. The molecule has 0 aromatic heterocycles. The van der Waals surface area contributed by atoms with Crippen molar-refractivity contribution >= 4 is 23.5 Å². The average molecular weight is 351 g/mol. The Morgan fingerprint density at radius 2 is 1.88 bits per heavy atom. The minimum atomic E-state index is -0.923. The summed E-state index contributed by atoms with van der Waals surface area (Å²) in [6.07, 6.45) is 3.88. The van der Waals surface area contributed by atoms with Gasteiger partial charge >= 0.3 is 6.03 Å². The molecule has 1 N–H and O–H groups in total. The van der Waals surface area contributed by atoms with Gasteiger partial charge in [0.05, 0.1) is 5.69 Å². The number of carbonyl (C=O) groups excluding carboxylic acids is 3. The van der Waals surface area contributed by atoms with Crippen LogP contribution in [0.4, 0.5) is 19.3 Å². The fourth-order valence-corrected chi connectivity index (χ4v) is 3.60. The zero-order valence-electron chi connectivity index (χ0n) is 13.8. The van der Waals surface area contributed by atoms with Crippen molar-refractivity contribution in [2.24, 2.45) is 0 Å². The van der Waals surface area contributed by atoms with E-state index >= 15 is 0 Å². The van der Waals surface area contributed by atoms with Crippen LogP contribution >= 0.6 is 0 Å². The van der Waals surface area contributed by atoms with Crippen LogP contribution in [-0.4, -0.2) is 46.8 Å². The first-order valence-electron chi connectivity index (χ1n) is 8.20. The molecule has 1 spiro atoms. The highest BCUT2D eigenvalue weighted by atomic mass is 19.1. The van der Waals surface area contributed by atoms with Crippen LogP contribution in [0.15, 0.2) is 18.2 Å². The third-order valence-electron chi connectivity index (χ3n) is 4.99. The molecular weight excluding hydrogens is 332 g/mol. The van der Waals surface area contributed by atoms with Crippen LogP contribution in [0.25, 0.3) is 0 Å². The lowest BCUT2D eigenvalue weighted by Crippen LogP contribution is -2.49. The number of benzene rings is 1. The van der Waals surface area contributed by atoms with Crippen LogP contribution in [0.3, 0.4) is 0 Å². The molecule has 1 aliphatic heterocycles. The number of anilines is 1. The molecule has 1 saturated heterocycles. The summed E-state index contributed by atoms with van der Waals surface area (Å²) in [5, 5.41) is 2.27. The van der Waals surface area contributed by atoms with Gasteiger partial charge in [0.1, 0.15) is 23.7 Å². The van der Waals surface area contributed by atoms with Crippen molar-refractivity contribution in [3.05, 3.63) is 29.8 Å². The van der Waals surface area contributed by atoms with Crippen molar-refractivity contribution in [3.8, 4) is 0 Å². The SMILES string of the molecule is CN1C(=O)N(CC(=O)Nc2ccc(F)cc2F)C(=O)C12CCCCC2.